The molecule has 0 radical (unpaired) electrons. The number of sulfonamides is 1. The number of nitro benzene ring substituents is 1. The van der Waals surface area contributed by atoms with E-state index in [2.05, 4.69) is 15.9 Å². The van der Waals surface area contributed by atoms with Crippen LogP contribution in [0, 0.1) is 10.1 Å². The van der Waals surface area contributed by atoms with Crippen LogP contribution in [0.25, 0.3) is 0 Å². The lowest BCUT2D eigenvalue weighted by molar-refractivity contribution is -0.385. The van der Waals surface area contributed by atoms with Gasteiger partial charge in [0.15, 0.2) is 0 Å². The Bertz CT molecular complexity index is 720. The first-order valence-electron chi connectivity index (χ1n) is 6.43. The summed E-state index contributed by atoms with van der Waals surface area (Å²) in [6.45, 7) is 0.119. The zero-order chi connectivity index (χ0) is 16.5. The molecule has 0 aromatic heterocycles. The molecule has 0 saturated carbocycles. The van der Waals surface area contributed by atoms with Crippen molar-refractivity contribution in [2.75, 3.05) is 6.54 Å². The number of carboxylic acid groups (broad SMARTS) is 1. The van der Waals surface area contributed by atoms with Crippen LogP contribution in [-0.2, 0) is 14.8 Å². The monoisotopic (exact) mass is 392 g/mol. The van der Waals surface area contributed by atoms with Gasteiger partial charge in [-0.3, -0.25) is 14.9 Å². The number of hydrogen-bond donors (Lipinski definition) is 1. The van der Waals surface area contributed by atoms with Crippen molar-refractivity contribution >= 4 is 37.6 Å². The molecular formula is C12H13BrN2O6S. The van der Waals surface area contributed by atoms with Gasteiger partial charge in [-0.2, -0.15) is 4.31 Å². The van der Waals surface area contributed by atoms with E-state index in [1.54, 1.807) is 0 Å². The second-order valence-corrected chi connectivity index (χ2v) is 7.58. The summed E-state index contributed by atoms with van der Waals surface area (Å²) >= 11 is 2.97. The second kappa shape index (κ2) is 6.31. The van der Waals surface area contributed by atoms with E-state index in [-0.39, 0.29) is 28.0 Å². The molecule has 10 heteroatoms. The molecule has 0 spiro atoms. The minimum atomic E-state index is -4.02. The Morgan fingerprint density at radius 3 is 2.64 bits per heavy atom. The van der Waals surface area contributed by atoms with Gasteiger partial charge in [-0.25, -0.2) is 8.42 Å². The zero-order valence-corrected chi connectivity index (χ0v) is 13.7. The number of carboxylic acids is 1. The molecule has 22 heavy (non-hydrogen) atoms. The first kappa shape index (κ1) is 16.8. The van der Waals surface area contributed by atoms with Gasteiger partial charge >= 0.3 is 5.97 Å². The maximum atomic E-state index is 12.6. The molecule has 1 saturated heterocycles. The molecule has 1 heterocycles. The van der Waals surface area contributed by atoms with E-state index >= 15 is 0 Å². The van der Waals surface area contributed by atoms with Crippen LogP contribution in [0.1, 0.15) is 19.3 Å². The maximum absolute atomic E-state index is 12.6. The lowest BCUT2D eigenvalue weighted by atomic mass is 10.1. The van der Waals surface area contributed by atoms with Crippen molar-refractivity contribution in [1.82, 2.24) is 4.31 Å². The van der Waals surface area contributed by atoms with Crippen LogP contribution in [0.4, 0.5) is 5.69 Å². The van der Waals surface area contributed by atoms with Crippen molar-refractivity contribution in [2.45, 2.75) is 30.2 Å². The van der Waals surface area contributed by atoms with Gasteiger partial charge in [0.2, 0.25) is 10.0 Å². The average Bonchev–Trinajstić information content (AvgIpc) is 2.46. The van der Waals surface area contributed by atoms with Crippen molar-refractivity contribution in [3.63, 3.8) is 0 Å². The number of nitrogens with zero attached hydrogens (tertiary/aromatic N) is 2. The molecule has 1 aromatic rings. The molecule has 0 amide bonds. The minimum Gasteiger partial charge on any atom is -0.480 e. The van der Waals surface area contributed by atoms with E-state index in [1.807, 2.05) is 0 Å². The standard InChI is InChI=1S/C12H13BrN2O6S/c13-9-7-8(4-5-10(9)15(18)19)22(20,21)14-6-2-1-3-11(14)12(16)17/h4-5,7,11H,1-3,6H2,(H,16,17). The second-order valence-electron chi connectivity index (χ2n) is 4.84. The summed E-state index contributed by atoms with van der Waals surface area (Å²) in [7, 11) is -4.02. The van der Waals surface area contributed by atoms with Crippen LogP contribution in [-0.4, -0.2) is 41.3 Å². The molecule has 1 N–H and O–H groups in total. The van der Waals surface area contributed by atoms with E-state index in [4.69, 9.17) is 0 Å². The Morgan fingerprint density at radius 1 is 1.41 bits per heavy atom. The molecule has 2 rings (SSSR count). The van der Waals surface area contributed by atoms with E-state index in [9.17, 15) is 28.4 Å². The van der Waals surface area contributed by atoms with E-state index in [0.29, 0.717) is 12.8 Å². The van der Waals surface area contributed by atoms with E-state index in [1.165, 1.54) is 0 Å². The highest BCUT2D eigenvalue weighted by Gasteiger charge is 2.38. The summed E-state index contributed by atoms with van der Waals surface area (Å²) in [6, 6.07) is 2.22. The smallest absolute Gasteiger partial charge is 0.322 e. The predicted octanol–water partition coefficient (Wildman–Crippen LogP) is 1.99. The number of halogens is 1. The summed E-state index contributed by atoms with van der Waals surface area (Å²) in [5, 5.41) is 19.9. The third-order valence-electron chi connectivity index (χ3n) is 3.46. The Kier molecular flexibility index (Phi) is 4.83. The van der Waals surface area contributed by atoms with Gasteiger partial charge in [0.1, 0.15) is 6.04 Å². The Balaban J connectivity index is 2.43. The lowest BCUT2D eigenvalue weighted by Gasteiger charge is -2.31. The Hall–Kier alpha value is -1.52. The first-order valence-corrected chi connectivity index (χ1v) is 8.67. The van der Waals surface area contributed by atoms with Gasteiger partial charge in [-0.1, -0.05) is 0 Å². The van der Waals surface area contributed by atoms with Crippen molar-refractivity contribution in [1.29, 1.82) is 0 Å². The summed E-state index contributed by atoms with van der Waals surface area (Å²) in [5.74, 6) is -1.19. The van der Waals surface area contributed by atoms with Crippen LogP contribution in [0.2, 0.25) is 0 Å². The zero-order valence-electron chi connectivity index (χ0n) is 11.3. The summed E-state index contributed by atoms with van der Waals surface area (Å²) in [4.78, 5) is 21.2. The van der Waals surface area contributed by atoms with Gasteiger partial charge < -0.3 is 5.11 Å². The van der Waals surface area contributed by atoms with Crippen molar-refractivity contribution < 1.29 is 23.2 Å². The summed E-state index contributed by atoms with van der Waals surface area (Å²) < 4.78 is 26.2. The highest BCUT2D eigenvalue weighted by Crippen LogP contribution is 2.31. The fourth-order valence-electron chi connectivity index (χ4n) is 2.37. The van der Waals surface area contributed by atoms with Crippen LogP contribution in [0.5, 0.6) is 0 Å². The molecule has 1 aliphatic rings. The highest BCUT2D eigenvalue weighted by atomic mass is 79.9. The van der Waals surface area contributed by atoms with E-state index < -0.39 is 27.0 Å². The number of benzene rings is 1. The molecule has 1 unspecified atom stereocenters. The largest absolute Gasteiger partial charge is 0.480 e. The van der Waals surface area contributed by atoms with Crippen molar-refractivity contribution in [2.24, 2.45) is 0 Å². The molecule has 0 bridgehead atoms. The molecule has 120 valence electrons. The maximum Gasteiger partial charge on any atom is 0.322 e. The average molecular weight is 393 g/mol. The first-order chi connectivity index (χ1) is 10.2. The topological polar surface area (TPSA) is 118 Å². The number of piperidine rings is 1. The van der Waals surface area contributed by atoms with Crippen LogP contribution in [0.3, 0.4) is 0 Å². The van der Waals surface area contributed by atoms with Crippen LogP contribution in [0.15, 0.2) is 27.6 Å². The molecule has 1 atom stereocenters. The quantitative estimate of drug-likeness (QED) is 0.618. The van der Waals surface area contributed by atoms with Crippen molar-refractivity contribution in [3.05, 3.63) is 32.8 Å². The predicted molar refractivity (Wildman–Crippen MR) is 80.0 cm³/mol. The Morgan fingerprint density at radius 2 is 2.09 bits per heavy atom. The van der Waals surface area contributed by atoms with Gasteiger partial charge in [0.25, 0.3) is 5.69 Å². The van der Waals surface area contributed by atoms with Gasteiger partial charge in [-0.05, 0) is 47.3 Å². The fraction of sp³-hybridized carbons (Fsp3) is 0.417. The fourth-order valence-corrected chi connectivity index (χ4v) is 4.72. The van der Waals surface area contributed by atoms with Gasteiger partial charge in [0.05, 0.1) is 14.3 Å². The van der Waals surface area contributed by atoms with Crippen LogP contribution >= 0.6 is 15.9 Å². The summed E-state index contributed by atoms with van der Waals surface area (Å²) in [5.41, 5.74) is -0.257. The molecule has 0 aliphatic carbocycles. The number of nitro groups is 1. The Labute approximate surface area is 135 Å². The van der Waals surface area contributed by atoms with Gasteiger partial charge in [-0.15, -0.1) is 0 Å². The molecule has 1 aliphatic heterocycles. The third-order valence-corrected chi connectivity index (χ3v) is 6.00. The van der Waals surface area contributed by atoms with Crippen molar-refractivity contribution in [3.8, 4) is 0 Å². The molecule has 8 nitrogen and oxygen atoms in total. The highest BCUT2D eigenvalue weighted by molar-refractivity contribution is 9.10. The number of rotatable bonds is 4. The van der Waals surface area contributed by atoms with Gasteiger partial charge in [0, 0.05) is 12.6 Å². The number of carbonyl (C=O) groups is 1. The summed E-state index contributed by atoms with van der Waals surface area (Å²) in [6.07, 6.45) is 1.48. The van der Waals surface area contributed by atoms with E-state index in [0.717, 1.165) is 22.5 Å². The molecule has 1 fully saturated rings. The lowest BCUT2D eigenvalue weighted by Crippen LogP contribution is -2.47. The SMILES string of the molecule is O=C(O)C1CCCCN1S(=O)(=O)c1ccc([N+](=O)[O-])c(Br)c1. The molecule has 1 aromatic carbocycles. The minimum absolute atomic E-state index is 0.0301. The number of aliphatic carboxylic acids is 1. The number of hydrogen-bond acceptors (Lipinski definition) is 5. The third kappa shape index (κ3) is 3.13. The normalized spacial score (nSPS) is 19.8. The van der Waals surface area contributed by atoms with Crippen LogP contribution < -0.4 is 0 Å². The molecular weight excluding hydrogens is 380 g/mol.